The summed E-state index contributed by atoms with van der Waals surface area (Å²) < 4.78 is 30.8. The minimum Gasteiger partial charge on any atom is -0.374 e. The van der Waals surface area contributed by atoms with Crippen molar-refractivity contribution in [2.75, 3.05) is 13.2 Å². The lowest BCUT2D eigenvalue weighted by Crippen LogP contribution is -2.31. The highest BCUT2D eigenvalue weighted by atomic mass is 79.9. The Labute approximate surface area is 250 Å². The van der Waals surface area contributed by atoms with Crippen LogP contribution in [0.5, 0.6) is 0 Å². The van der Waals surface area contributed by atoms with Gasteiger partial charge in [0, 0.05) is 18.0 Å². The first-order valence-electron chi connectivity index (χ1n) is 16.6. The summed E-state index contributed by atoms with van der Waals surface area (Å²) in [7, 11) is 0. The van der Waals surface area contributed by atoms with Crippen LogP contribution in [0, 0.1) is 23.7 Å². The van der Waals surface area contributed by atoms with E-state index in [0.29, 0.717) is 30.3 Å². The third-order valence-corrected chi connectivity index (χ3v) is 11.2. The van der Waals surface area contributed by atoms with E-state index in [4.69, 9.17) is 23.7 Å². The maximum absolute atomic E-state index is 11.7. The third-order valence-electron chi connectivity index (χ3n) is 10.2. The number of hydrogen-bond donors (Lipinski definition) is 0. The number of aldehydes is 1. The first-order valence-corrected chi connectivity index (χ1v) is 17.5. The Hall–Kier alpha value is -0.310. The zero-order valence-corrected chi connectivity index (χ0v) is 26.2. The van der Waals surface area contributed by atoms with Crippen LogP contribution in [0.2, 0.25) is 0 Å². The topological polar surface area (TPSA) is 63.2 Å². The van der Waals surface area contributed by atoms with Crippen LogP contribution in [0.25, 0.3) is 0 Å². The number of alkyl halides is 1. The van der Waals surface area contributed by atoms with Crippen LogP contribution in [0.4, 0.5) is 0 Å². The number of carbonyl (C=O) groups excluding carboxylic acids is 1. The summed E-state index contributed by atoms with van der Waals surface area (Å²) in [5, 5.41) is 0. The second-order valence-corrected chi connectivity index (χ2v) is 14.2. The Kier molecular flexibility index (Phi) is 12.4. The molecule has 0 amide bonds. The molecule has 0 N–H and O–H groups in total. The van der Waals surface area contributed by atoms with E-state index >= 15 is 0 Å². The summed E-state index contributed by atoms with van der Waals surface area (Å²) in [6.45, 7) is 3.87. The van der Waals surface area contributed by atoms with Gasteiger partial charge >= 0.3 is 0 Å². The molecule has 6 nitrogen and oxygen atoms in total. The Bertz CT molecular complexity index is 781. The standard InChI is InChI=1S/C33H53BrO6/c1-2-7-23-10-11-25(20-23)29(40-33-9-4-6-19-37-33)16-12-24-13-17-30-27(24)21-31(39-30)28(34)15-14-26(22-35)38-32-8-3-5-18-36-32/h12,16,22-33H,2-11,13-15,17-21H2,1H3/t23?,24-,25?,26?,27+,28?,29+,30+,31+,32?,33?/m0/s1. The van der Waals surface area contributed by atoms with Gasteiger partial charge in [-0.1, -0.05) is 54.3 Å². The molecule has 0 spiro atoms. The van der Waals surface area contributed by atoms with E-state index in [1.807, 2.05) is 0 Å². The zero-order valence-electron chi connectivity index (χ0n) is 24.6. The molecule has 0 aromatic rings. The molecule has 5 rings (SSSR count). The van der Waals surface area contributed by atoms with Gasteiger partial charge in [0.25, 0.3) is 0 Å². The van der Waals surface area contributed by atoms with Gasteiger partial charge in [-0.15, -0.1) is 0 Å². The number of allylic oxidation sites excluding steroid dienone is 1. The SMILES string of the molecule is CCCC1CCC([C@@H](C=C[C@H]2CC[C@H]3O[C@@H](C(Br)CCC(C=O)OC4CCCCO4)C[C@H]23)OC2CCCCO2)C1. The molecule has 6 unspecified atom stereocenters. The minimum absolute atomic E-state index is 0.0397. The van der Waals surface area contributed by atoms with Crippen LogP contribution >= 0.6 is 15.9 Å². The molecule has 11 atom stereocenters. The molecule has 0 radical (unpaired) electrons. The molecule has 0 aromatic carbocycles. The largest absolute Gasteiger partial charge is 0.374 e. The summed E-state index contributed by atoms with van der Waals surface area (Å²) >= 11 is 3.92. The first kappa shape index (κ1) is 31.1. The van der Waals surface area contributed by atoms with Gasteiger partial charge < -0.3 is 28.5 Å². The molecule has 2 saturated carbocycles. The number of halogens is 1. The molecule has 2 aliphatic carbocycles. The van der Waals surface area contributed by atoms with Gasteiger partial charge in [-0.25, -0.2) is 0 Å². The molecule has 0 aromatic heterocycles. The number of ether oxygens (including phenoxy) is 5. The highest BCUT2D eigenvalue weighted by molar-refractivity contribution is 9.09. The van der Waals surface area contributed by atoms with Crippen molar-refractivity contribution < 1.29 is 28.5 Å². The fourth-order valence-corrected chi connectivity index (χ4v) is 8.51. The van der Waals surface area contributed by atoms with Crippen LogP contribution in [-0.4, -0.2) is 61.3 Å². The van der Waals surface area contributed by atoms with Crippen LogP contribution in [0.1, 0.15) is 110 Å². The third kappa shape index (κ3) is 8.63. The minimum atomic E-state index is -0.405. The van der Waals surface area contributed by atoms with E-state index in [1.165, 1.54) is 44.9 Å². The summed E-state index contributed by atoms with van der Waals surface area (Å²) in [5.74, 6) is 2.59. The van der Waals surface area contributed by atoms with Crippen molar-refractivity contribution in [3.63, 3.8) is 0 Å². The van der Waals surface area contributed by atoms with Gasteiger partial charge in [-0.05, 0) is 107 Å². The van der Waals surface area contributed by atoms with Crippen molar-refractivity contribution in [1.29, 1.82) is 0 Å². The van der Waals surface area contributed by atoms with Crippen LogP contribution in [0.15, 0.2) is 12.2 Å². The molecule has 5 fully saturated rings. The number of carbonyl (C=O) groups is 1. The molecule has 3 heterocycles. The maximum Gasteiger partial charge on any atom is 0.158 e. The van der Waals surface area contributed by atoms with Crippen molar-refractivity contribution in [3.05, 3.63) is 12.2 Å². The van der Waals surface area contributed by atoms with Crippen LogP contribution < -0.4 is 0 Å². The summed E-state index contributed by atoms with van der Waals surface area (Å²) in [6.07, 6.45) is 23.8. The van der Waals surface area contributed by atoms with Gasteiger partial charge in [-0.3, -0.25) is 0 Å². The predicted molar refractivity (Wildman–Crippen MR) is 159 cm³/mol. The van der Waals surface area contributed by atoms with E-state index in [-0.39, 0.29) is 29.6 Å². The smallest absolute Gasteiger partial charge is 0.158 e. The van der Waals surface area contributed by atoms with Gasteiger partial charge in [-0.2, -0.15) is 0 Å². The van der Waals surface area contributed by atoms with Crippen molar-refractivity contribution >= 4 is 22.2 Å². The van der Waals surface area contributed by atoms with Gasteiger partial charge in [0.1, 0.15) is 12.4 Å². The Morgan fingerprint density at radius 1 is 0.900 bits per heavy atom. The van der Waals surface area contributed by atoms with E-state index in [9.17, 15) is 4.79 Å². The molecule has 228 valence electrons. The lowest BCUT2D eigenvalue weighted by atomic mass is 9.88. The van der Waals surface area contributed by atoms with Gasteiger partial charge in [0.05, 0.1) is 18.3 Å². The maximum atomic E-state index is 11.7. The van der Waals surface area contributed by atoms with E-state index < -0.39 is 6.10 Å². The van der Waals surface area contributed by atoms with Crippen molar-refractivity contribution in [1.82, 2.24) is 0 Å². The molecule has 0 bridgehead atoms. The van der Waals surface area contributed by atoms with E-state index in [0.717, 1.165) is 76.8 Å². The Morgan fingerprint density at radius 3 is 2.38 bits per heavy atom. The molecular formula is C33H53BrO6. The monoisotopic (exact) mass is 624 g/mol. The van der Waals surface area contributed by atoms with Gasteiger partial charge in [0.15, 0.2) is 12.6 Å². The summed E-state index contributed by atoms with van der Waals surface area (Å²) in [4.78, 5) is 11.9. The Morgan fingerprint density at radius 2 is 1.68 bits per heavy atom. The lowest BCUT2D eigenvalue weighted by Gasteiger charge is -2.30. The van der Waals surface area contributed by atoms with Crippen molar-refractivity contribution in [3.8, 4) is 0 Å². The number of hydrogen-bond acceptors (Lipinski definition) is 6. The lowest BCUT2D eigenvalue weighted by molar-refractivity contribution is -0.187. The molecule has 5 aliphatic rings. The Balaban J connectivity index is 1.12. The number of rotatable bonds is 14. The molecule has 7 heteroatoms. The zero-order chi connectivity index (χ0) is 27.7. The second kappa shape index (κ2) is 16.0. The average Bonchev–Trinajstić information content (AvgIpc) is 3.71. The van der Waals surface area contributed by atoms with Crippen LogP contribution in [0.3, 0.4) is 0 Å². The second-order valence-electron chi connectivity index (χ2n) is 13.1. The van der Waals surface area contributed by atoms with E-state index in [1.54, 1.807) is 0 Å². The fraction of sp³-hybridized carbons (Fsp3) is 0.909. The number of fused-ring (bicyclic) bond motifs is 1. The summed E-state index contributed by atoms with van der Waals surface area (Å²) in [5.41, 5.74) is 0. The van der Waals surface area contributed by atoms with Crippen molar-refractivity contribution in [2.24, 2.45) is 23.7 Å². The molecule has 3 aliphatic heterocycles. The molecule has 3 saturated heterocycles. The predicted octanol–water partition coefficient (Wildman–Crippen LogP) is 7.51. The van der Waals surface area contributed by atoms with E-state index in [2.05, 4.69) is 35.0 Å². The van der Waals surface area contributed by atoms with Crippen molar-refractivity contribution in [2.45, 2.75) is 151 Å². The molecular weight excluding hydrogens is 572 g/mol. The highest BCUT2D eigenvalue weighted by Gasteiger charge is 2.45. The average molecular weight is 626 g/mol. The normalized spacial score (nSPS) is 38.9. The highest BCUT2D eigenvalue weighted by Crippen LogP contribution is 2.46. The molecule has 40 heavy (non-hydrogen) atoms. The fourth-order valence-electron chi connectivity index (χ4n) is 7.91. The van der Waals surface area contributed by atoms with Crippen LogP contribution in [-0.2, 0) is 28.5 Å². The summed E-state index contributed by atoms with van der Waals surface area (Å²) in [6, 6.07) is 0. The van der Waals surface area contributed by atoms with Gasteiger partial charge in [0.2, 0.25) is 0 Å². The quantitative estimate of drug-likeness (QED) is 0.113. The first-order chi connectivity index (χ1) is 19.6.